The van der Waals surface area contributed by atoms with Crippen molar-refractivity contribution >= 4 is 17.4 Å². The van der Waals surface area contributed by atoms with Crippen LogP contribution in [-0.4, -0.2) is 19.4 Å². The van der Waals surface area contributed by atoms with Gasteiger partial charge < -0.3 is 19.7 Å². The van der Waals surface area contributed by atoms with Gasteiger partial charge in [-0.3, -0.25) is 0 Å². The number of ether oxygens (including phenoxy) is 2. The van der Waals surface area contributed by atoms with Gasteiger partial charge in [0.05, 0.1) is 24.8 Å². The van der Waals surface area contributed by atoms with E-state index in [-0.39, 0.29) is 5.82 Å². The summed E-state index contributed by atoms with van der Waals surface area (Å²) in [5, 5.41) is 4.04. The molecule has 0 fully saturated rings. The summed E-state index contributed by atoms with van der Waals surface area (Å²) in [7, 11) is 3.11. The van der Waals surface area contributed by atoms with E-state index in [4.69, 9.17) is 31.3 Å². The normalized spacial score (nSPS) is 10.4. The van der Waals surface area contributed by atoms with E-state index in [1.54, 1.807) is 20.3 Å². The number of aromatic nitrogens is 1. The number of benzene rings is 1. The SMILES string of the molecule is COc1cc(C)c(OC)c(Cl)c1-c1cc(N)no1. The third-order valence-electron chi connectivity index (χ3n) is 2.57. The molecule has 5 nitrogen and oxygen atoms in total. The number of anilines is 1. The highest BCUT2D eigenvalue weighted by Gasteiger charge is 2.20. The summed E-state index contributed by atoms with van der Waals surface area (Å²) < 4.78 is 15.7. The van der Waals surface area contributed by atoms with E-state index >= 15 is 0 Å². The molecule has 0 aliphatic heterocycles. The number of nitrogen functional groups attached to an aromatic ring is 1. The zero-order valence-electron chi connectivity index (χ0n) is 10.3. The second-order valence-electron chi connectivity index (χ2n) is 3.73. The molecule has 0 spiro atoms. The molecule has 6 heteroatoms. The van der Waals surface area contributed by atoms with Crippen molar-refractivity contribution < 1.29 is 14.0 Å². The van der Waals surface area contributed by atoms with Crippen LogP contribution in [0.15, 0.2) is 16.7 Å². The molecule has 0 unspecified atom stereocenters. The Bertz CT molecular complexity index is 581. The van der Waals surface area contributed by atoms with E-state index in [9.17, 15) is 0 Å². The number of nitrogens with zero attached hydrogens (tertiary/aromatic N) is 1. The largest absolute Gasteiger partial charge is 0.496 e. The summed E-state index contributed by atoms with van der Waals surface area (Å²) in [6.45, 7) is 1.88. The lowest BCUT2D eigenvalue weighted by molar-refractivity contribution is 0.396. The van der Waals surface area contributed by atoms with E-state index in [2.05, 4.69) is 5.16 Å². The summed E-state index contributed by atoms with van der Waals surface area (Å²) >= 11 is 6.31. The van der Waals surface area contributed by atoms with Crippen LogP contribution < -0.4 is 15.2 Å². The molecule has 2 aromatic rings. The van der Waals surface area contributed by atoms with E-state index in [1.807, 2.05) is 13.0 Å². The van der Waals surface area contributed by atoms with Crippen molar-refractivity contribution in [3.63, 3.8) is 0 Å². The van der Waals surface area contributed by atoms with Gasteiger partial charge in [-0.05, 0) is 18.6 Å². The van der Waals surface area contributed by atoms with Crippen LogP contribution in [0.1, 0.15) is 5.56 Å². The van der Waals surface area contributed by atoms with Gasteiger partial charge in [0.15, 0.2) is 11.6 Å². The third kappa shape index (κ3) is 1.97. The molecule has 96 valence electrons. The second-order valence-corrected chi connectivity index (χ2v) is 4.11. The Morgan fingerprint density at radius 2 is 2.00 bits per heavy atom. The first kappa shape index (κ1) is 12.6. The minimum atomic E-state index is 0.280. The van der Waals surface area contributed by atoms with Gasteiger partial charge in [0.1, 0.15) is 11.5 Å². The molecule has 0 saturated heterocycles. The van der Waals surface area contributed by atoms with Crippen molar-refractivity contribution in [1.29, 1.82) is 0 Å². The standard InChI is InChI=1S/C12H13ClN2O3/c1-6-4-7(16-2)10(11(13)12(6)17-3)8-5-9(14)15-18-8/h4-5H,1-3H3,(H2,14,15). The first-order chi connectivity index (χ1) is 8.58. The predicted octanol–water partition coefficient (Wildman–Crippen LogP) is 2.90. The number of aryl methyl sites for hydroxylation is 1. The van der Waals surface area contributed by atoms with Crippen LogP contribution in [0.2, 0.25) is 5.02 Å². The summed E-state index contributed by atoms with van der Waals surface area (Å²) in [5.41, 5.74) is 6.98. The van der Waals surface area contributed by atoms with Gasteiger partial charge in [-0.25, -0.2) is 0 Å². The molecular formula is C12H13ClN2O3. The van der Waals surface area contributed by atoms with Crippen LogP contribution in [0.25, 0.3) is 11.3 Å². The number of methoxy groups -OCH3 is 2. The van der Waals surface area contributed by atoms with Crippen molar-refractivity contribution in [3.8, 4) is 22.8 Å². The van der Waals surface area contributed by atoms with Gasteiger partial charge in [-0.1, -0.05) is 16.8 Å². The van der Waals surface area contributed by atoms with Gasteiger partial charge in [-0.15, -0.1) is 0 Å². The maximum absolute atomic E-state index is 6.31. The van der Waals surface area contributed by atoms with Crippen molar-refractivity contribution in [3.05, 3.63) is 22.7 Å². The minimum Gasteiger partial charge on any atom is -0.496 e. The summed E-state index contributed by atoms with van der Waals surface area (Å²) in [6, 6.07) is 3.40. The fourth-order valence-electron chi connectivity index (χ4n) is 1.78. The van der Waals surface area contributed by atoms with Crippen molar-refractivity contribution in [2.45, 2.75) is 6.92 Å². The van der Waals surface area contributed by atoms with Crippen molar-refractivity contribution in [2.24, 2.45) is 0 Å². The Morgan fingerprint density at radius 3 is 2.50 bits per heavy atom. The zero-order valence-corrected chi connectivity index (χ0v) is 11.0. The number of nitrogens with two attached hydrogens (primary N) is 1. The van der Waals surface area contributed by atoms with E-state index in [1.165, 1.54) is 0 Å². The van der Waals surface area contributed by atoms with Crippen LogP contribution in [-0.2, 0) is 0 Å². The van der Waals surface area contributed by atoms with Crippen LogP contribution in [0, 0.1) is 6.92 Å². The summed E-state index contributed by atoms with van der Waals surface area (Å²) in [6.07, 6.45) is 0. The van der Waals surface area contributed by atoms with E-state index in [0.717, 1.165) is 5.56 Å². The predicted molar refractivity (Wildman–Crippen MR) is 69.2 cm³/mol. The zero-order chi connectivity index (χ0) is 13.3. The van der Waals surface area contributed by atoms with Gasteiger partial charge in [0.2, 0.25) is 0 Å². The molecule has 0 radical (unpaired) electrons. The van der Waals surface area contributed by atoms with Crippen LogP contribution in [0.3, 0.4) is 0 Å². The molecule has 2 rings (SSSR count). The van der Waals surface area contributed by atoms with Crippen LogP contribution in [0.5, 0.6) is 11.5 Å². The smallest absolute Gasteiger partial charge is 0.174 e. The second kappa shape index (κ2) is 4.78. The first-order valence-electron chi connectivity index (χ1n) is 5.22. The molecule has 0 aliphatic rings. The average molecular weight is 269 g/mol. The Kier molecular flexibility index (Phi) is 3.34. The Balaban J connectivity index is 2.71. The molecule has 0 amide bonds. The lowest BCUT2D eigenvalue weighted by Crippen LogP contribution is -1.95. The fourth-order valence-corrected chi connectivity index (χ4v) is 2.19. The van der Waals surface area contributed by atoms with Crippen LogP contribution >= 0.6 is 11.6 Å². The maximum atomic E-state index is 6.31. The third-order valence-corrected chi connectivity index (χ3v) is 2.93. The molecule has 1 heterocycles. The van der Waals surface area contributed by atoms with Gasteiger partial charge in [-0.2, -0.15) is 0 Å². The number of halogens is 1. The summed E-state index contributed by atoms with van der Waals surface area (Å²) in [4.78, 5) is 0. The average Bonchev–Trinajstić information content (AvgIpc) is 2.75. The molecule has 1 aromatic heterocycles. The molecule has 0 atom stereocenters. The van der Waals surface area contributed by atoms with Gasteiger partial charge in [0.25, 0.3) is 0 Å². The summed E-state index contributed by atoms with van der Waals surface area (Å²) in [5.74, 6) is 1.87. The lowest BCUT2D eigenvalue weighted by Gasteiger charge is -2.13. The highest BCUT2D eigenvalue weighted by molar-refractivity contribution is 6.35. The Labute approximate surface area is 109 Å². The monoisotopic (exact) mass is 268 g/mol. The molecule has 0 saturated carbocycles. The molecule has 0 bridgehead atoms. The quantitative estimate of drug-likeness (QED) is 0.927. The maximum Gasteiger partial charge on any atom is 0.174 e. The van der Waals surface area contributed by atoms with Crippen molar-refractivity contribution in [2.75, 3.05) is 20.0 Å². The lowest BCUT2D eigenvalue weighted by atomic mass is 10.1. The van der Waals surface area contributed by atoms with Gasteiger partial charge in [0, 0.05) is 6.07 Å². The number of hydrogen-bond donors (Lipinski definition) is 1. The Morgan fingerprint density at radius 1 is 1.28 bits per heavy atom. The molecule has 0 aliphatic carbocycles. The van der Waals surface area contributed by atoms with E-state index < -0.39 is 0 Å². The minimum absolute atomic E-state index is 0.280. The first-order valence-corrected chi connectivity index (χ1v) is 5.60. The Hall–Kier alpha value is -1.88. The molecule has 18 heavy (non-hydrogen) atoms. The highest BCUT2D eigenvalue weighted by atomic mass is 35.5. The topological polar surface area (TPSA) is 70.5 Å². The van der Waals surface area contributed by atoms with Crippen molar-refractivity contribution in [1.82, 2.24) is 5.16 Å². The number of rotatable bonds is 3. The molecular weight excluding hydrogens is 256 g/mol. The van der Waals surface area contributed by atoms with Crippen LogP contribution in [0.4, 0.5) is 5.82 Å². The number of hydrogen-bond acceptors (Lipinski definition) is 5. The molecule has 2 N–H and O–H groups in total. The molecule has 1 aromatic carbocycles. The highest BCUT2D eigenvalue weighted by Crippen LogP contribution is 2.44. The fraction of sp³-hybridized carbons (Fsp3) is 0.250. The van der Waals surface area contributed by atoms with E-state index in [0.29, 0.717) is 27.8 Å². The van der Waals surface area contributed by atoms with Gasteiger partial charge >= 0.3 is 0 Å².